The molecular weight excluding hydrogens is 338 g/mol. The second-order valence-corrected chi connectivity index (χ2v) is 6.57. The van der Waals surface area contributed by atoms with Crippen molar-refractivity contribution in [3.63, 3.8) is 0 Å². The molecule has 2 N–H and O–H groups in total. The Morgan fingerprint density at radius 2 is 1.80 bits per heavy atom. The third-order valence-corrected chi connectivity index (χ3v) is 5.12. The zero-order valence-corrected chi connectivity index (χ0v) is 13.3. The van der Waals surface area contributed by atoms with Crippen molar-refractivity contribution >= 4 is 26.7 Å². The average Bonchev–Trinajstić information content (AvgIpc) is 2.48. The molecule has 106 valence electrons. The SMILES string of the molecule is NCc1ccc(OCCS(=O)c2ccccc2Br)cc1. The van der Waals surface area contributed by atoms with Gasteiger partial charge in [-0.1, -0.05) is 24.3 Å². The predicted molar refractivity (Wildman–Crippen MR) is 85.2 cm³/mol. The fourth-order valence-electron chi connectivity index (χ4n) is 1.70. The lowest BCUT2D eigenvalue weighted by Crippen LogP contribution is -2.09. The van der Waals surface area contributed by atoms with Gasteiger partial charge in [-0.15, -0.1) is 0 Å². The van der Waals surface area contributed by atoms with Gasteiger partial charge in [0.15, 0.2) is 0 Å². The number of halogens is 1. The summed E-state index contributed by atoms with van der Waals surface area (Å²) in [4.78, 5) is 0.801. The first-order chi connectivity index (χ1) is 9.70. The zero-order valence-electron chi connectivity index (χ0n) is 10.9. The van der Waals surface area contributed by atoms with Crippen LogP contribution in [0, 0.1) is 0 Å². The van der Waals surface area contributed by atoms with Crippen LogP contribution < -0.4 is 10.5 Å². The average molecular weight is 354 g/mol. The first-order valence-electron chi connectivity index (χ1n) is 6.25. The summed E-state index contributed by atoms with van der Waals surface area (Å²) in [6.45, 7) is 0.933. The van der Waals surface area contributed by atoms with E-state index in [0.717, 1.165) is 20.7 Å². The quantitative estimate of drug-likeness (QED) is 0.867. The first kappa shape index (κ1) is 15.2. The number of hydrogen-bond donors (Lipinski definition) is 1. The predicted octanol–water partition coefficient (Wildman–Crippen LogP) is 3.09. The lowest BCUT2D eigenvalue weighted by atomic mass is 10.2. The topological polar surface area (TPSA) is 52.3 Å². The van der Waals surface area contributed by atoms with E-state index in [1.807, 2.05) is 48.5 Å². The van der Waals surface area contributed by atoms with Gasteiger partial charge in [-0.2, -0.15) is 0 Å². The van der Waals surface area contributed by atoms with Crippen molar-refractivity contribution in [3.05, 3.63) is 58.6 Å². The van der Waals surface area contributed by atoms with Crippen molar-refractivity contribution in [2.45, 2.75) is 11.4 Å². The van der Waals surface area contributed by atoms with Gasteiger partial charge >= 0.3 is 0 Å². The fraction of sp³-hybridized carbons (Fsp3) is 0.200. The van der Waals surface area contributed by atoms with Crippen LogP contribution in [0.5, 0.6) is 5.75 Å². The Labute approximate surface area is 129 Å². The third-order valence-electron chi connectivity index (χ3n) is 2.78. The highest BCUT2D eigenvalue weighted by Gasteiger charge is 2.07. The van der Waals surface area contributed by atoms with Crippen LogP contribution in [0.2, 0.25) is 0 Å². The number of ether oxygens (including phenoxy) is 1. The molecule has 0 fully saturated rings. The van der Waals surface area contributed by atoms with Gasteiger partial charge in [0.05, 0.1) is 21.4 Å². The van der Waals surface area contributed by atoms with Gasteiger partial charge in [-0.05, 0) is 45.8 Å². The molecule has 0 aliphatic heterocycles. The van der Waals surface area contributed by atoms with E-state index >= 15 is 0 Å². The maximum atomic E-state index is 12.1. The highest BCUT2D eigenvalue weighted by molar-refractivity contribution is 9.10. The minimum atomic E-state index is -1.07. The largest absolute Gasteiger partial charge is 0.493 e. The Bertz CT molecular complexity index is 587. The molecule has 1 atom stereocenters. The summed E-state index contributed by atoms with van der Waals surface area (Å²) in [5.74, 6) is 1.23. The Kier molecular flexibility index (Phi) is 5.76. The molecule has 0 radical (unpaired) electrons. The third kappa shape index (κ3) is 4.16. The van der Waals surface area contributed by atoms with Gasteiger partial charge in [0.25, 0.3) is 0 Å². The maximum absolute atomic E-state index is 12.1. The molecule has 0 amide bonds. The van der Waals surface area contributed by atoms with Crippen LogP contribution in [0.3, 0.4) is 0 Å². The van der Waals surface area contributed by atoms with Gasteiger partial charge < -0.3 is 10.5 Å². The van der Waals surface area contributed by atoms with Crippen LogP contribution in [0.4, 0.5) is 0 Å². The van der Waals surface area contributed by atoms with Crippen LogP contribution in [0.1, 0.15) is 5.56 Å². The molecule has 2 aromatic rings. The van der Waals surface area contributed by atoms with Crippen LogP contribution in [0.15, 0.2) is 57.9 Å². The molecule has 2 rings (SSSR count). The summed E-state index contributed by atoms with van der Waals surface area (Å²) in [7, 11) is -1.07. The van der Waals surface area contributed by atoms with E-state index in [2.05, 4.69) is 15.9 Å². The summed E-state index contributed by atoms with van der Waals surface area (Å²) in [5, 5.41) is 0. The molecule has 0 bridgehead atoms. The smallest absolute Gasteiger partial charge is 0.119 e. The molecule has 0 saturated heterocycles. The Balaban J connectivity index is 1.86. The van der Waals surface area contributed by atoms with E-state index in [-0.39, 0.29) is 0 Å². The summed E-state index contributed by atoms with van der Waals surface area (Å²) in [6, 6.07) is 15.1. The molecule has 0 aliphatic carbocycles. The zero-order chi connectivity index (χ0) is 14.4. The summed E-state index contributed by atoms with van der Waals surface area (Å²) in [5.41, 5.74) is 6.60. The number of benzene rings is 2. The van der Waals surface area contributed by atoms with Crippen LogP contribution >= 0.6 is 15.9 Å². The first-order valence-corrected chi connectivity index (χ1v) is 8.36. The van der Waals surface area contributed by atoms with E-state index < -0.39 is 10.8 Å². The highest BCUT2D eigenvalue weighted by atomic mass is 79.9. The van der Waals surface area contributed by atoms with E-state index in [9.17, 15) is 4.21 Å². The minimum absolute atomic E-state index is 0.413. The number of hydrogen-bond acceptors (Lipinski definition) is 3. The van der Waals surface area contributed by atoms with Crippen molar-refractivity contribution in [2.75, 3.05) is 12.4 Å². The Hall–Kier alpha value is -1.17. The molecule has 0 saturated carbocycles. The number of rotatable bonds is 6. The molecule has 5 heteroatoms. The normalized spacial score (nSPS) is 12.1. The van der Waals surface area contributed by atoms with Crippen LogP contribution in [-0.4, -0.2) is 16.6 Å². The van der Waals surface area contributed by atoms with Gasteiger partial charge in [-0.25, -0.2) is 0 Å². The van der Waals surface area contributed by atoms with E-state index in [1.54, 1.807) is 0 Å². The van der Waals surface area contributed by atoms with Crippen molar-refractivity contribution < 1.29 is 8.95 Å². The summed E-state index contributed by atoms with van der Waals surface area (Å²) < 4.78 is 18.6. The molecule has 2 aromatic carbocycles. The molecule has 0 aromatic heterocycles. The van der Waals surface area contributed by atoms with Gasteiger partial charge in [0.1, 0.15) is 12.4 Å². The standard InChI is InChI=1S/C15H16BrNO2S/c16-14-3-1-2-4-15(14)20(18)10-9-19-13-7-5-12(11-17)6-8-13/h1-8H,9-11,17H2. The molecule has 20 heavy (non-hydrogen) atoms. The van der Waals surface area contributed by atoms with Crippen molar-refractivity contribution in [1.29, 1.82) is 0 Å². The summed E-state index contributed by atoms with van der Waals surface area (Å²) >= 11 is 3.40. The molecular formula is C15H16BrNO2S. The van der Waals surface area contributed by atoms with Crippen molar-refractivity contribution in [1.82, 2.24) is 0 Å². The number of nitrogens with two attached hydrogens (primary N) is 1. The Morgan fingerprint density at radius 1 is 1.10 bits per heavy atom. The van der Waals surface area contributed by atoms with E-state index in [1.165, 1.54) is 0 Å². The molecule has 0 aliphatic rings. The van der Waals surface area contributed by atoms with Crippen LogP contribution in [-0.2, 0) is 17.3 Å². The second-order valence-electron chi connectivity index (χ2n) is 4.18. The molecule has 1 unspecified atom stereocenters. The van der Waals surface area contributed by atoms with Gasteiger partial charge in [-0.3, -0.25) is 4.21 Å². The summed E-state index contributed by atoms with van der Waals surface area (Å²) in [6.07, 6.45) is 0. The van der Waals surface area contributed by atoms with Crippen molar-refractivity contribution in [2.24, 2.45) is 5.73 Å². The lowest BCUT2D eigenvalue weighted by molar-refractivity contribution is 0.342. The minimum Gasteiger partial charge on any atom is -0.493 e. The van der Waals surface area contributed by atoms with Crippen molar-refractivity contribution in [3.8, 4) is 5.75 Å². The van der Waals surface area contributed by atoms with E-state index in [0.29, 0.717) is 18.9 Å². The molecule has 3 nitrogen and oxygen atoms in total. The van der Waals surface area contributed by atoms with Gasteiger partial charge in [0, 0.05) is 11.0 Å². The lowest BCUT2D eigenvalue weighted by Gasteiger charge is -2.08. The van der Waals surface area contributed by atoms with Crippen LogP contribution in [0.25, 0.3) is 0 Å². The highest BCUT2D eigenvalue weighted by Crippen LogP contribution is 2.20. The monoisotopic (exact) mass is 353 g/mol. The van der Waals surface area contributed by atoms with E-state index in [4.69, 9.17) is 10.5 Å². The maximum Gasteiger partial charge on any atom is 0.119 e. The van der Waals surface area contributed by atoms with Gasteiger partial charge in [0.2, 0.25) is 0 Å². The molecule has 0 spiro atoms. The fourth-order valence-corrected chi connectivity index (χ4v) is 3.49. The second kappa shape index (κ2) is 7.57. The molecule has 0 heterocycles. The Morgan fingerprint density at radius 3 is 2.45 bits per heavy atom.